The number of fused-ring (bicyclic) bond motifs is 11. The first kappa shape index (κ1) is 24.3. The van der Waals surface area contributed by atoms with Crippen molar-refractivity contribution in [2.24, 2.45) is 0 Å². The highest BCUT2D eigenvalue weighted by Gasteiger charge is 2.22. The number of nitrogens with zero attached hydrogens (tertiary/aromatic N) is 5. The van der Waals surface area contributed by atoms with Crippen molar-refractivity contribution in [3.05, 3.63) is 39.9 Å². The van der Waals surface area contributed by atoms with Crippen LogP contribution in [0.2, 0.25) is 0 Å². The molecule has 3 saturated heterocycles. The van der Waals surface area contributed by atoms with Crippen LogP contribution < -0.4 is 0 Å². The largest absolute Gasteiger partial charge is 0.339 e. The summed E-state index contributed by atoms with van der Waals surface area (Å²) in [6.45, 7) is 9.70. The smallest absolute Gasteiger partial charge is 0.324 e. The van der Waals surface area contributed by atoms with E-state index >= 15 is 0 Å². The number of rotatable bonds is 5. The zero-order valence-electron chi connectivity index (χ0n) is 18.0. The summed E-state index contributed by atoms with van der Waals surface area (Å²) in [6, 6.07) is 6.63. The van der Waals surface area contributed by atoms with E-state index in [2.05, 4.69) is 14.7 Å². The first-order valence-electron chi connectivity index (χ1n) is 11.0. The lowest BCUT2D eigenvalue weighted by Gasteiger charge is -2.36. The van der Waals surface area contributed by atoms with E-state index < -0.39 is 12.5 Å². The molecule has 174 valence electrons. The molecule has 0 spiro atoms. The average molecular weight is 455 g/mol. The van der Waals surface area contributed by atoms with Crippen LogP contribution in [0.3, 0.4) is 0 Å². The Hall–Kier alpha value is -1.39. The van der Waals surface area contributed by atoms with Gasteiger partial charge in [-0.05, 0) is 38.0 Å². The van der Waals surface area contributed by atoms with Crippen molar-refractivity contribution in [3.8, 4) is 0 Å². The summed E-state index contributed by atoms with van der Waals surface area (Å²) in [5, 5.41) is 10.9. The van der Waals surface area contributed by atoms with Gasteiger partial charge in [-0.15, -0.1) is 0 Å². The van der Waals surface area contributed by atoms with Gasteiger partial charge >= 0.3 is 7.60 Å². The average Bonchev–Trinajstić information content (AvgIpc) is 2.71. The highest BCUT2D eigenvalue weighted by molar-refractivity contribution is 7.51. The second-order valence-corrected chi connectivity index (χ2v) is 10.1. The molecule has 0 radical (unpaired) electrons. The van der Waals surface area contributed by atoms with Gasteiger partial charge in [0, 0.05) is 64.5 Å². The minimum absolute atomic E-state index is 0.0803. The third kappa shape index (κ3) is 8.57. The molecule has 1 aromatic rings. The SMILES string of the molecule is O=[N+]([O-])c1ccc(CN2CCCN3CCN(CCCN(CP(=O)(O)O)CC2)CC3)cc1. The molecule has 0 aromatic heterocycles. The van der Waals surface area contributed by atoms with Crippen molar-refractivity contribution in [3.63, 3.8) is 0 Å². The molecule has 3 aliphatic heterocycles. The van der Waals surface area contributed by atoms with Crippen molar-refractivity contribution in [1.82, 2.24) is 19.6 Å². The second kappa shape index (κ2) is 11.5. The number of nitro benzene ring substituents is 1. The molecule has 0 atom stereocenters. The molecule has 10 nitrogen and oxygen atoms in total. The van der Waals surface area contributed by atoms with Gasteiger partial charge in [0.15, 0.2) is 0 Å². The van der Waals surface area contributed by atoms with Crippen LogP contribution >= 0.6 is 7.60 Å². The van der Waals surface area contributed by atoms with Gasteiger partial charge in [0.25, 0.3) is 5.69 Å². The maximum atomic E-state index is 11.6. The fourth-order valence-corrected chi connectivity index (χ4v) is 5.12. The van der Waals surface area contributed by atoms with Gasteiger partial charge in [0.1, 0.15) is 6.29 Å². The molecule has 2 N–H and O–H groups in total. The van der Waals surface area contributed by atoms with Gasteiger partial charge in [-0.25, -0.2) is 0 Å². The lowest BCUT2D eigenvalue weighted by Crippen LogP contribution is -2.48. The maximum absolute atomic E-state index is 11.6. The normalized spacial score (nSPS) is 25.2. The van der Waals surface area contributed by atoms with Gasteiger partial charge in [-0.1, -0.05) is 12.1 Å². The first-order chi connectivity index (χ1) is 14.8. The zero-order chi connectivity index (χ0) is 22.3. The molecule has 3 heterocycles. The molecule has 3 fully saturated rings. The predicted molar refractivity (Wildman–Crippen MR) is 119 cm³/mol. The van der Waals surface area contributed by atoms with Gasteiger partial charge in [-0.2, -0.15) is 0 Å². The molecule has 1 aromatic carbocycles. The number of benzene rings is 1. The zero-order valence-corrected chi connectivity index (χ0v) is 18.9. The molecule has 0 saturated carbocycles. The Morgan fingerprint density at radius 1 is 0.806 bits per heavy atom. The third-order valence-electron chi connectivity index (χ3n) is 6.03. The fraction of sp³-hybridized carbons (Fsp3) is 0.700. The Bertz CT molecular complexity index is 751. The van der Waals surface area contributed by atoms with Crippen LogP contribution in [0.1, 0.15) is 18.4 Å². The van der Waals surface area contributed by atoms with Crippen molar-refractivity contribution in [2.45, 2.75) is 19.4 Å². The Labute approximate surface area is 183 Å². The summed E-state index contributed by atoms with van der Waals surface area (Å²) >= 11 is 0. The summed E-state index contributed by atoms with van der Waals surface area (Å²) in [6.07, 6.45) is 1.69. The Morgan fingerprint density at radius 3 is 1.84 bits per heavy atom. The van der Waals surface area contributed by atoms with E-state index in [1.54, 1.807) is 12.1 Å². The van der Waals surface area contributed by atoms with E-state index in [9.17, 15) is 24.5 Å². The minimum Gasteiger partial charge on any atom is -0.324 e. The summed E-state index contributed by atoms with van der Waals surface area (Å²) < 4.78 is 11.6. The molecule has 31 heavy (non-hydrogen) atoms. The molecule has 0 unspecified atom stereocenters. The summed E-state index contributed by atoms with van der Waals surface area (Å²) in [5.74, 6) is 0. The third-order valence-corrected chi connectivity index (χ3v) is 6.80. The molecule has 11 heteroatoms. The number of piperazine rings is 1. The minimum atomic E-state index is -4.12. The van der Waals surface area contributed by atoms with Crippen molar-refractivity contribution in [2.75, 3.05) is 71.7 Å². The quantitative estimate of drug-likeness (QED) is 0.385. The van der Waals surface area contributed by atoms with Crippen molar-refractivity contribution < 1.29 is 19.3 Å². The Kier molecular flexibility index (Phi) is 8.97. The van der Waals surface area contributed by atoms with E-state index in [1.165, 1.54) is 12.1 Å². The van der Waals surface area contributed by atoms with E-state index in [4.69, 9.17) is 0 Å². The summed E-state index contributed by atoms with van der Waals surface area (Å²) in [5.41, 5.74) is 1.08. The molecule has 3 aliphatic rings. The molecule has 4 rings (SSSR count). The van der Waals surface area contributed by atoms with E-state index in [0.29, 0.717) is 26.2 Å². The Morgan fingerprint density at radius 2 is 1.32 bits per heavy atom. The molecular formula is C20H34N5O5P. The Balaban J connectivity index is 1.67. The van der Waals surface area contributed by atoms with Gasteiger partial charge in [0.2, 0.25) is 0 Å². The van der Waals surface area contributed by atoms with Gasteiger partial charge < -0.3 is 19.6 Å². The van der Waals surface area contributed by atoms with Crippen LogP contribution in [0.15, 0.2) is 24.3 Å². The van der Waals surface area contributed by atoms with Crippen LogP contribution in [0.25, 0.3) is 0 Å². The second-order valence-electron chi connectivity index (χ2n) is 8.51. The topological polar surface area (TPSA) is 114 Å². The van der Waals surface area contributed by atoms with Crippen LogP contribution in [-0.2, 0) is 11.1 Å². The van der Waals surface area contributed by atoms with Gasteiger partial charge in [-0.3, -0.25) is 24.5 Å². The van der Waals surface area contributed by atoms with Crippen LogP contribution in [0, 0.1) is 10.1 Å². The molecule has 0 amide bonds. The first-order valence-corrected chi connectivity index (χ1v) is 12.8. The number of non-ortho nitro benzene ring substituents is 1. The molecule has 0 aliphatic carbocycles. The van der Waals surface area contributed by atoms with E-state index in [-0.39, 0.29) is 12.0 Å². The lowest BCUT2D eigenvalue weighted by molar-refractivity contribution is -0.384. The summed E-state index contributed by atoms with van der Waals surface area (Å²) in [4.78, 5) is 38.6. The monoisotopic (exact) mass is 455 g/mol. The van der Waals surface area contributed by atoms with E-state index in [1.807, 2.05) is 4.90 Å². The molecule has 2 bridgehead atoms. The van der Waals surface area contributed by atoms with Crippen molar-refractivity contribution in [1.29, 1.82) is 0 Å². The maximum Gasteiger partial charge on any atom is 0.339 e. The van der Waals surface area contributed by atoms with Gasteiger partial charge in [0.05, 0.1) is 4.92 Å². The predicted octanol–water partition coefficient (Wildman–Crippen LogP) is 1.25. The van der Waals surface area contributed by atoms with Crippen LogP contribution in [0.4, 0.5) is 5.69 Å². The van der Waals surface area contributed by atoms with Crippen LogP contribution in [0.5, 0.6) is 0 Å². The standard InChI is InChI=1S/C20H34N5O5P/c26-25(27)20-5-3-19(4-6-20)17-23-9-1-7-21-11-13-22(14-12-21)8-2-10-24(16-15-23)18-31(28,29)30/h3-6H,1-2,7-18H2,(H2,28,29,30). The van der Waals surface area contributed by atoms with Crippen molar-refractivity contribution >= 4 is 13.3 Å². The summed E-state index contributed by atoms with van der Waals surface area (Å²) in [7, 11) is -4.12. The van der Waals surface area contributed by atoms with E-state index in [0.717, 1.165) is 64.2 Å². The highest BCUT2D eigenvalue weighted by atomic mass is 31.2. The molecular weight excluding hydrogens is 421 g/mol. The number of nitro groups is 1. The number of hydrogen-bond acceptors (Lipinski definition) is 7. The highest BCUT2D eigenvalue weighted by Crippen LogP contribution is 2.35. The fourth-order valence-electron chi connectivity index (χ4n) is 4.32. The van der Waals surface area contributed by atoms with Crippen LogP contribution in [-0.4, -0.2) is 106 Å². The lowest BCUT2D eigenvalue weighted by atomic mass is 10.2. The number of hydrogen-bond donors (Lipinski definition) is 2.